The van der Waals surface area contributed by atoms with Gasteiger partial charge in [0.1, 0.15) is 17.5 Å². The van der Waals surface area contributed by atoms with Crippen LogP contribution in [0.2, 0.25) is 0 Å². The second-order valence-corrected chi connectivity index (χ2v) is 5.33. The van der Waals surface area contributed by atoms with Crippen LogP contribution < -0.4 is 4.90 Å². The van der Waals surface area contributed by atoms with Crippen LogP contribution in [0.15, 0.2) is 18.3 Å². The summed E-state index contributed by atoms with van der Waals surface area (Å²) in [4.78, 5) is 19.9. The van der Waals surface area contributed by atoms with Gasteiger partial charge < -0.3 is 9.80 Å². The van der Waals surface area contributed by atoms with Crippen molar-refractivity contribution in [2.45, 2.75) is 24.9 Å². The number of anilines is 1. The Morgan fingerprint density at radius 3 is 2.58 bits per heavy atom. The van der Waals surface area contributed by atoms with Crippen molar-refractivity contribution in [3.05, 3.63) is 24.1 Å². The number of nitrogens with zero attached hydrogens (tertiary/aromatic N) is 3. The molecule has 4 nitrogen and oxygen atoms in total. The maximum Gasteiger partial charge on any atom is 0.237 e. The summed E-state index contributed by atoms with van der Waals surface area (Å²) in [6.07, 6.45) is 3.32. The third-order valence-corrected chi connectivity index (χ3v) is 4.15. The van der Waals surface area contributed by atoms with Gasteiger partial charge in [-0.1, -0.05) is 0 Å². The van der Waals surface area contributed by atoms with Gasteiger partial charge in [0.25, 0.3) is 0 Å². The Kier molecular flexibility index (Phi) is 3.31. The number of rotatable bonds is 2. The van der Waals surface area contributed by atoms with E-state index in [-0.39, 0.29) is 29.7 Å². The Hall–Kier alpha value is -1.36. The van der Waals surface area contributed by atoms with E-state index < -0.39 is 0 Å². The number of aromatic nitrogens is 1. The minimum atomic E-state index is -0.327. The van der Waals surface area contributed by atoms with Crippen molar-refractivity contribution in [2.75, 3.05) is 23.9 Å². The number of fused-ring (bicyclic) bond motifs is 2. The highest BCUT2D eigenvalue weighted by atomic mass is 35.5. The molecule has 3 heterocycles. The summed E-state index contributed by atoms with van der Waals surface area (Å²) in [5.41, 5.74) is 0. The van der Waals surface area contributed by atoms with E-state index in [1.165, 1.54) is 12.3 Å². The molecule has 19 heavy (non-hydrogen) atoms. The van der Waals surface area contributed by atoms with Gasteiger partial charge in [-0.3, -0.25) is 4.79 Å². The van der Waals surface area contributed by atoms with Crippen LogP contribution in [-0.2, 0) is 4.79 Å². The predicted molar refractivity (Wildman–Crippen MR) is 70.8 cm³/mol. The number of hydrogen-bond acceptors (Lipinski definition) is 3. The fourth-order valence-corrected chi connectivity index (χ4v) is 3.25. The van der Waals surface area contributed by atoms with E-state index in [1.807, 2.05) is 4.90 Å². The number of hydrogen-bond donors (Lipinski definition) is 0. The van der Waals surface area contributed by atoms with Crippen molar-refractivity contribution in [2.24, 2.45) is 0 Å². The third kappa shape index (κ3) is 2.27. The lowest BCUT2D eigenvalue weighted by Gasteiger charge is -2.41. The molecule has 2 aliphatic rings. The second-order valence-electron chi connectivity index (χ2n) is 5.06. The zero-order valence-electron chi connectivity index (χ0n) is 10.4. The summed E-state index contributed by atoms with van der Waals surface area (Å²) in [6, 6.07) is 3.67. The highest BCUT2D eigenvalue weighted by Gasteiger charge is 2.41. The van der Waals surface area contributed by atoms with Gasteiger partial charge in [-0.25, -0.2) is 9.37 Å². The Morgan fingerprint density at radius 2 is 2.05 bits per heavy atom. The molecule has 0 N–H and O–H groups in total. The smallest absolute Gasteiger partial charge is 0.237 e. The lowest BCUT2D eigenvalue weighted by atomic mass is 10.2. The monoisotopic (exact) mass is 283 g/mol. The molecule has 0 aromatic carbocycles. The number of piperazine rings is 1. The van der Waals surface area contributed by atoms with Gasteiger partial charge in [0.05, 0.1) is 6.20 Å². The summed E-state index contributed by atoms with van der Waals surface area (Å²) in [7, 11) is 0. The highest BCUT2D eigenvalue weighted by molar-refractivity contribution is 6.27. The van der Waals surface area contributed by atoms with Crippen molar-refractivity contribution < 1.29 is 9.18 Å². The maximum absolute atomic E-state index is 12.9. The highest BCUT2D eigenvalue weighted by Crippen LogP contribution is 2.33. The van der Waals surface area contributed by atoms with Gasteiger partial charge in [-0.2, -0.15) is 0 Å². The maximum atomic E-state index is 12.9. The van der Waals surface area contributed by atoms with Gasteiger partial charge in [0.2, 0.25) is 5.91 Å². The van der Waals surface area contributed by atoms with E-state index in [1.54, 1.807) is 6.07 Å². The first-order chi connectivity index (χ1) is 9.19. The normalized spacial score (nSPS) is 25.8. The van der Waals surface area contributed by atoms with Gasteiger partial charge >= 0.3 is 0 Å². The predicted octanol–water partition coefficient (Wildman–Crippen LogP) is 1.64. The topological polar surface area (TPSA) is 36.4 Å². The molecule has 2 saturated heterocycles. The van der Waals surface area contributed by atoms with E-state index in [2.05, 4.69) is 9.88 Å². The molecule has 2 fully saturated rings. The quantitative estimate of drug-likeness (QED) is 0.774. The molecule has 102 valence electrons. The van der Waals surface area contributed by atoms with E-state index in [4.69, 9.17) is 11.6 Å². The molecule has 0 radical (unpaired) electrons. The second kappa shape index (κ2) is 4.96. The molecule has 1 aromatic heterocycles. The minimum Gasteiger partial charge on any atom is -0.347 e. The molecule has 1 aromatic rings. The largest absolute Gasteiger partial charge is 0.347 e. The molecule has 2 aliphatic heterocycles. The molecule has 1 amide bonds. The van der Waals surface area contributed by atoms with Crippen LogP contribution >= 0.6 is 11.6 Å². The zero-order valence-corrected chi connectivity index (χ0v) is 11.2. The number of alkyl halides is 1. The molecule has 6 heteroatoms. The number of halogens is 2. The lowest BCUT2D eigenvalue weighted by Crippen LogP contribution is -2.56. The Labute approximate surface area is 116 Å². The molecule has 0 saturated carbocycles. The number of carbonyl (C=O) groups excluding carboxylic acids is 1. The number of carbonyl (C=O) groups is 1. The first-order valence-electron chi connectivity index (χ1n) is 6.42. The zero-order chi connectivity index (χ0) is 13.4. The summed E-state index contributed by atoms with van der Waals surface area (Å²) >= 11 is 5.61. The van der Waals surface area contributed by atoms with Crippen LogP contribution in [0.5, 0.6) is 0 Å². The Balaban J connectivity index is 1.80. The molecule has 2 atom stereocenters. The van der Waals surface area contributed by atoms with E-state index in [9.17, 15) is 9.18 Å². The Morgan fingerprint density at radius 1 is 1.37 bits per heavy atom. The molecular formula is C13H15ClFN3O. The number of likely N-dealkylation sites (tertiary alicyclic amines) is 1. The standard InChI is InChI=1S/C13H15ClFN3O/c14-5-13(19)17-7-10-2-3-11(8-17)18(10)12-4-1-9(15)6-16-12/h1,4,6,10-11H,2-3,5,7-8H2. The van der Waals surface area contributed by atoms with E-state index in [0.717, 1.165) is 18.7 Å². The first-order valence-corrected chi connectivity index (χ1v) is 6.96. The van der Waals surface area contributed by atoms with Crippen LogP contribution in [0.1, 0.15) is 12.8 Å². The van der Waals surface area contributed by atoms with E-state index >= 15 is 0 Å². The minimum absolute atomic E-state index is 0.00900. The Bertz CT molecular complexity index is 467. The summed E-state index contributed by atoms with van der Waals surface area (Å²) in [5.74, 6) is 0.498. The van der Waals surface area contributed by atoms with Crippen molar-refractivity contribution in [3.8, 4) is 0 Å². The van der Waals surface area contributed by atoms with Crippen molar-refractivity contribution >= 4 is 23.3 Å². The summed E-state index contributed by atoms with van der Waals surface area (Å²) in [6.45, 7) is 1.36. The average molecular weight is 284 g/mol. The summed E-state index contributed by atoms with van der Waals surface area (Å²) in [5, 5.41) is 0. The van der Waals surface area contributed by atoms with Crippen LogP contribution in [0, 0.1) is 5.82 Å². The molecule has 0 spiro atoms. The number of amides is 1. The first kappa shape index (κ1) is 12.7. The van der Waals surface area contributed by atoms with Gasteiger partial charge in [0, 0.05) is 25.2 Å². The van der Waals surface area contributed by atoms with Crippen LogP contribution in [0.25, 0.3) is 0 Å². The van der Waals surface area contributed by atoms with Gasteiger partial charge in [-0.15, -0.1) is 11.6 Å². The van der Waals surface area contributed by atoms with Crippen molar-refractivity contribution in [3.63, 3.8) is 0 Å². The lowest BCUT2D eigenvalue weighted by molar-refractivity contribution is -0.129. The van der Waals surface area contributed by atoms with Crippen LogP contribution in [-0.4, -0.2) is 46.8 Å². The van der Waals surface area contributed by atoms with Gasteiger partial charge in [-0.05, 0) is 25.0 Å². The van der Waals surface area contributed by atoms with Crippen LogP contribution in [0.3, 0.4) is 0 Å². The molecule has 0 aliphatic carbocycles. The average Bonchev–Trinajstić information content (AvgIpc) is 2.69. The van der Waals surface area contributed by atoms with Crippen molar-refractivity contribution in [1.82, 2.24) is 9.88 Å². The fourth-order valence-electron chi connectivity index (χ4n) is 3.09. The molecule has 2 unspecified atom stereocenters. The van der Waals surface area contributed by atoms with Gasteiger partial charge in [0.15, 0.2) is 0 Å². The molecular weight excluding hydrogens is 269 g/mol. The molecule has 3 rings (SSSR count). The molecule has 2 bridgehead atoms. The van der Waals surface area contributed by atoms with E-state index in [0.29, 0.717) is 13.1 Å². The SMILES string of the molecule is O=C(CCl)N1CC2CCC(C1)N2c1ccc(F)cn1. The summed E-state index contributed by atoms with van der Waals surface area (Å²) < 4.78 is 12.9. The third-order valence-electron chi connectivity index (χ3n) is 3.93. The number of pyridine rings is 1. The van der Waals surface area contributed by atoms with Crippen molar-refractivity contribution in [1.29, 1.82) is 0 Å². The van der Waals surface area contributed by atoms with Crippen LogP contribution in [0.4, 0.5) is 10.2 Å². The fraction of sp³-hybridized carbons (Fsp3) is 0.538.